The molecule has 0 spiro atoms. The second-order valence-corrected chi connectivity index (χ2v) is 7.55. The molecule has 3 nitrogen and oxygen atoms in total. The number of hydrogen-bond acceptors (Lipinski definition) is 3. The van der Waals surface area contributed by atoms with Crippen LogP contribution in [0.4, 0.5) is 0 Å². The smallest absolute Gasteiger partial charge is 0.150 e. The molecule has 1 atom stereocenters. The summed E-state index contributed by atoms with van der Waals surface area (Å²) < 4.78 is 28.9. The van der Waals surface area contributed by atoms with E-state index in [2.05, 4.69) is 0 Å². The molecule has 16 heavy (non-hydrogen) atoms. The highest BCUT2D eigenvalue weighted by Gasteiger charge is 2.33. The van der Waals surface area contributed by atoms with Crippen molar-refractivity contribution in [3.8, 4) is 0 Å². The Morgan fingerprint density at radius 3 is 2.69 bits per heavy atom. The van der Waals surface area contributed by atoms with Gasteiger partial charge in [-0.3, -0.25) is 0 Å². The predicted molar refractivity (Wildman–Crippen MR) is 66.0 cm³/mol. The summed E-state index contributed by atoms with van der Waals surface area (Å²) in [6.07, 6.45) is 4.42. The van der Waals surface area contributed by atoms with Crippen LogP contribution in [0, 0.1) is 5.41 Å². The first-order chi connectivity index (χ1) is 7.33. The normalized spacial score (nSPS) is 29.2. The van der Waals surface area contributed by atoms with Gasteiger partial charge in [0.1, 0.15) is 0 Å². The lowest BCUT2D eigenvalue weighted by atomic mass is 9.88. The lowest BCUT2D eigenvalue weighted by molar-refractivity contribution is 0.130. The molecule has 0 saturated carbocycles. The molecule has 94 valence electrons. The van der Waals surface area contributed by atoms with Crippen LogP contribution in [0.3, 0.4) is 0 Å². The largest absolute Gasteiger partial charge is 0.501 e. The summed E-state index contributed by atoms with van der Waals surface area (Å²) in [6.45, 7) is 6.43. The van der Waals surface area contributed by atoms with E-state index in [1.54, 1.807) is 6.26 Å². The Labute approximate surface area is 98.8 Å². The quantitative estimate of drug-likeness (QED) is 0.719. The molecule has 0 aliphatic carbocycles. The van der Waals surface area contributed by atoms with Gasteiger partial charge in [-0.1, -0.05) is 13.3 Å². The van der Waals surface area contributed by atoms with Crippen LogP contribution in [0.15, 0.2) is 11.8 Å². The van der Waals surface area contributed by atoms with E-state index in [0.717, 1.165) is 24.8 Å². The number of ether oxygens (including phenoxy) is 1. The Kier molecular flexibility index (Phi) is 4.42. The average molecular weight is 246 g/mol. The number of allylic oxidation sites excluding steroid dienone is 1. The maximum atomic E-state index is 11.7. The van der Waals surface area contributed by atoms with Crippen LogP contribution in [0.5, 0.6) is 0 Å². The van der Waals surface area contributed by atoms with E-state index in [9.17, 15) is 8.42 Å². The van der Waals surface area contributed by atoms with Crippen LogP contribution < -0.4 is 0 Å². The Morgan fingerprint density at radius 2 is 2.06 bits per heavy atom. The molecule has 1 aliphatic heterocycles. The van der Waals surface area contributed by atoms with E-state index in [1.165, 1.54) is 0 Å². The van der Waals surface area contributed by atoms with Crippen molar-refractivity contribution in [3.63, 3.8) is 0 Å². The van der Waals surface area contributed by atoms with Gasteiger partial charge in [0.05, 0.1) is 24.4 Å². The molecule has 0 radical (unpaired) electrons. The topological polar surface area (TPSA) is 43.4 Å². The third-order valence-electron chi connectivity index (χ3n) is 2.80. The highest BCUT2D eigenvalue weighted by Crippen LogP contribution is 2.30. The van der Waals surface area contributed by atoms with Crippen molar-refractivity contribution < 1.29 is 13.2 Å². The van der Waals surface area contributed by atoms with Crippen LogP contribution in [0.1, 0.15) is 40.0 Å². The summed E-state index contributed by atoms with van der Waals surface area (Å²) in [5.41, 5.74) is 0.876. The van der Waals surface area contributed by atoms with Crippen LogP contribution in [0.2, 0.25) is 0 Å². The predicted octanol–water partition coefficient (Wildman–Crippen LogP) is 2.53. The molecule has 1 heterocycles. The van der Waals surface area contributed by atoms with Gasteiger partial charge in [-0.15, -0.1) is 0 Å². The van der Waals surface area contributed by atoms with E-state index in [1.807, 2.05) is 20.8 Å². The van der Waals surface area contributed by atoms with E-state index < -0.39 is 9.84 Å². The van der Waals surface area contributed by atoms with Crippen LogP contribution in [-0.4, -0.2) is 26.5 Å². The average Bonchev–Trinajstić information content (AvgIpc) is 2.23. The molecule has 0 aromatic carbocycles. The molecular formula is C12H22O3S. The zero-order valence-corrected chi connectivity index (χ0v) is 11.3. The lowest BCUT2D eigenvalue weighted by Gasteiger charge is -2.26. The van der Waals surface area contributed by atoms with Crippen LogP contribution >= 0.6 is 0 Å². The van der Waals surface area contributed by atoms with Crippen molar-refractivity contribution in [2.75, 3.05) is 18.1 Å². The zero-order chi connectivity index (χ0) is 12.2. The van der Waals surface area contributed by atoms with Gasteiger partial charge in [-0.05, 0) is 32.3 Å². The zero-order valence-electron chi connectivity index (χ0n) is 10.5. The van der Waals surface area contributed by atoms with Crippen LogP contribution in [0.25, 0.3) is 0 Å². The summed E-state index contributed by atoms with van der Waals surface area (Å²) in [5, 5.41) is 0. The van der Waals surface area contributed by atoms with Gasteiger partial charge in [0.25, 0.3) is 0 Å². The summed E-state index contributed by atoms with van der Waals surface area (Å²) in [6, 6.07) is 0. The maximum absolute atomic E-state index is 11.7. The number of hydrogen-bond donors (Lipinski definition) is 0. The molecule has 1 rings (SSSR count). The molecule has 0 bridgehead atoms. The number of rotatable bonds is 3. The molecule has 1 saturated heterocycles. The molecule has 1 aliphatic rings. The second kappa shape index (κ2) is 5.21. The van der Waals surface area contributed by atoms with Gasteiger partial charge in [0.2, 0.25) is 0 Å². The Hall–Kier alpha value is -0.510. The summed E-state index contributed by atoms with van der Waals surface area (Å²) >= 11 is 0. The maximum Gasteiger partial charge on any atom is 0.150 e. The van der Waals surface area contributed by atoms with Crippen molar-refractivity contribution in [1.29, 1.82) is 0 Å². The van der Waals surface area contributed by atoms with Gasteiger partial charge in [-0.2, -0.15) is 0 Å². The third kappa shape index (κ3) is 4.56. The van der Waals surface area contributed by atoms with Crippen molar-refractivity contribution >= 4 is 9.84 Å². The van der Waals surface area contributed by atoms with E-state index >= 15 is 0 Å². The SMILES string of the molecule is CC(C)=COCC1(C)CCCCS(=O)(=O)C1. The first-order valence-electron chi connectivity index (χ1n) is 5.78. The summed E-state index contributed by atoms with van der Waals surface area (Å²) in [5.74, 6) is 0.599. The second-order valence-electron chi connectivity index (χ2n) is 5.37. The van der Waals surface area contributed by atoms with E-state index in [4.69, 9.17) is 4.74 Å². The number of sulfone groups is 1. The van der Waals surface area contributed by atoms with Crippen LogP contribution in [-0.2, 0) is 14.6 Å². The highest BCUT2D eigenvalue weighted by molar-refractivity contribution is 7.91. The van der Waals surface area contributed by atoms with Crippen molar-refractivity contribution in [2.24, 2.45) is 5.41 Å². The molecular weight excluding hydrogens is 224 g/mol. The fourth-order valence-electron chi connectivity index (χ4n) is 2.07. The monoisotopic (exact) mass is 246 g/mol. The Balaban J connectivity index is 2.63. The standard InChI is InChI=1S/C12H22O3S/c1-11(2)8-15-9-12(3)6-4-5-7-16(13,14)10-12/h8H,4-7,9-10H2,1-3H3. The Morgan fingerprint density at radius 1 is 1.38 bits per heavy atom. The summed E-state index contributed by atoms with van der Waals surface area (Å²) in [4.78, 5) is 0. The van der Waals surface area contributed by atoms with Crippen molar-refractivity contribution in [3.05, 3.63) is 11.8 Å². The molecule has 0 aromatic heterocycles. The van der Waals surface area contributed by atoms with Gasteiger partial charge in [-0.25, -0.2) is 8.42 Å². The Bertz CT molecular complexity index is 352. The highest BCUT2D eigenvalue weighted by atomic mass is 32.2. The van der Waals surface area contributed by atoms with Crippen molar-refractivity contribution in [1.82, 2.24) is 0 Å². The van der Waals surface area contributed by atoms with Gasteiger partial charge in [0.15, 0.2) is 9.84 Å². The first kappa shape index (κ1) is 13.6. The fraction of sp³-hybridized carbons (Fsp3) is 0.833. The molecule has 0 N–H and O–H groups in total. The van der Waals surface area contributed by atoms with Crippen molar-refractivity contribution in [2.45, 2.75) is 40.0 Å². The minimum Gasteiger partial charge on any atom is -0.501 e. The molecule has 1 unspecified atom stereocenters. The fourth-order valence-corrected chi connectivity index (χ4v) is 4.15. The third-order valence-corrected chi connectivity index (χ3v) is 4.85. The molecule has 1 fully saturated rings. The molecule has 4 heteroatoms. The minimum absolute atomic E-state index is 0.221. The van der Waals surface area contributed by atoms with Gasteiger partial charge in [0, 0.05) is 5.41 Å². The summed E-state index contributed by atoms with van der Waals surface area (Å²) in [7, 11) is -2.88. The van der Waals surface area contributed by atoms with E-state index in [0.29, 0.717) is 12.4 Å². The minimum atomic E-state index is -2.88. The van der Waals surface area contributed by atoms with Gasteiger partial charge >= 0.3 is 0 Å². The molecule has 0 aromatic rings. The first-order valence-corrected chi connectivity index (χ1v) is 7.61. The van der Waals surface area contributed by atoms with Gasteiger partial charge < -0.3 is 4.74 Å². The van der Waals surface area contributed by atoms with E-state index in [-0.39, 0.29) is 11.2 Å². The molecule has 0 amide bonds. The lowest BCUT2D eigenvalue weighted by Crippen LogP contribution is -2.30.